The number of rotatable bonds is 6. The molecule has 0 aliphatic heterocycles. The number of amides is 1. The summed E-state index contributed by atoms with van der Waals surface area (Å²) in [4.78, 5) is 22.1. The monoisotopic (exact) mass is 284 g/mol. The lowest BCUT2D eigenvalue weighted by Gasteiger charge is -2.22. The molecule has 1 heterocycles. The van der Waals surface area contributed by atoms with Crippen molar-refractivity contribution in [3.63, 3.8) is 0 Å². The number of anilines is 1. The van der Waals surface area contributed by atoms with E-state index in [1.54, 1.807) is 13.1 Å². The minimum atomic E-state index is -0.113. The van der Waals surface area contributed by atoms with Gasteiger partial charge in [-0.1, -0.05) is 25.4 Å². The summed E-state index contributed by atoms with van der Waals surface area (Å²) in [6.45, 7) is 4.53. The SMILES string of the molecule is CCCc1nc(Cl)cc(N(C)CC(C)C(=O)NC)n1. The van der Waals surface area contributed by atoms with Gasteiger partial charge in [-0.05, 0) is 6.42 Å². The Balaban J connectivity index is 2.81. The third-order valence-electron chi connectivity index (χ3n) is 2.83. The van der Waals surface area contributed by atoms with Crippen molar-refractivity contribution in [2.75, 3.05) is 25.5 Å². The van der Waals surface area contributed by atoms with Gasteiger partial charge in [-0.25, -0.2) is 9.97 Å². The Labute approximate surface area is 119 Å². The van der Waals surface area contributed by atoms with Gasteiger partial charge in [0.2, 0.25) is 5.91 Å². The first kappa shape index (κ1) is 15.7. The van der Waals surface area contributed by atoms with Gasteiger partial charge in [0.05, 0.1) is 5.92 Å². The van der Waals surface area contributed by atoms with Crippen molar-refractivity contribution in [1.82, 2.24) is 15.3 Å². The fourth-order valence-corrected chi connectivity index (χ4v) is 2.01. The minimum Gasteiger partial charge on any atom is -0.359 e. The van der Waals surface area contributed by atoms with Gasteiger partial charge >= 0.3 is 0 Å². The number of halogens is 1. The van der Waals surface area contributed by atoms with Crippen LogP contribution in [0.2, 0.25) is 5.15 Å². The Morgan fingerprint density at radius 2 is 2.21 bits per heavy atom. The van der Waals surface area contributed by atoms with E-state index in [1.165, 1.54) is 0 Å². The summed E-state index contributed by atoms with van der Waals surface area (Å²) in [6, 6.07) is 1.72. The van der Waals surface area contributed by atoms with Crippen molar-refractivity contribution < 1.29 is 4.79 Å². The Hall–Kier alpha value is -1.36. The molecule has 0 bridgehead atoms. The van der Waals surface area contributed by atoms with Crippen molar-refractivity contribution in [3.8, 4) is 0 Å². The average Bonchev–Trinajstić information content (AvgIpc) is 2.37. The van der Waals surface area contributed by atoms with E-state index in [2.05, 4.69) is 22.2 Å². The fraction of sp³-hybridized carbons (Fsp3) is 0.615. The van der Waals surface area contributed by atoms with Gasteiger partial charge in [0.25, 0.3) is 0 Å². The van der Waals surface area contributed by atoms with E-state index in [-0.39, 0.29) is 11.8 Å². The van der Waals surface area contributed by atoms with Crippen molar-refractivity contribution in [3.05, 3.63) is 17.0 Å². The summed E-state index contributed by atoms with van der Waals surface area (Å²) in [6.07, 6.45) is 1.77. The number of nitrogens with one attached hydrogen (secondary N) is 1. The topological polar surface area (TPSA) is 58.1 Å². The first-order chi connectivity index (χ1) is 8.97. The number of hydrogen-bond donors (Lipinski definition) is 1. The van der Waals surface area contributed by atoms with Crippen molar-refractivity contribution in [2.24, 2.45) is 5.92 Å². The van der Waals surface area contributed by atoms with Gasteiger partial charge < -0.3 is 10.2 Å². The molecule has 106 valence electrons. The maximum atomic E-state index is 11.5. The molecule has 19 heavy (non-hydrogen) atoms. The number of hydrogen-bond acceptors (Lipinski definition) is 4. The molecule has 1 N–H and O–H groups in total. The number of carbonyl (C=O) groups is 1. The molecule has 1 aromatic rings. The Bertz CT molecular complexity index is 439. The standard InChI is InChI=1S/C13H21ClN4O/c1-5-6-11-16-10(14)7-12(17-11)18(4)8-9(2)13(19)15-3/h7,9H,5-6,8H2,1-4H3,(H,15,19). The summed E-state index contributed by atoms with van der Waals surface area (Å²) >= 11 is 6.00. The van der Waals surface area contributed by atoms with E-state index < -0.39 is 0 Å². The lowest BCUT2D eigenvalue weighted by atomic mass is 10.1. The first-order valence-corrected chi connectivity index (χ1v) is 6.81. The van der Waals surface area contributed by atoms with Crippen molar-refractivity contribution in [2.45, 2.75) is 26.7 Å². The molecule has 1 aromatic heterocycles. The highest BCUT2D eigenvalue weighted by Crippen LogP contribution is 2.16. The van der Waals surface area contributed by atoms with Gasteiger partial charge in [-0.2, -0.15) is 0 Å². The second kappa shape index (κ2) is 7.28. The third-order valence-corrected chi connectivity index (χ3v) is 3.03. The fourth-order valence-electron chi connectivity index (χ4n) is 1.82. The van der Waals surface area contributed by atoms with E-state index in [4.69, 9.17) is 11.6 Å². The Morgan fingerprint density at radius 1 is 1.53 bits per heavy atom. The summed E-state index contributed by atoms with van der Waals surface area (Å²) in [5.41, 5.74) is 0. The number of nitrogens with zero attached hydrogens (tertiary/aromatic N) is 3. The molecule has 0 fully saturated rings. The number of carbonyl (C=O) groups excluding carboxylic acids is 1. The first-order valence-electron chi connectivity index (χ1n) is 6.44. The highest BCUT2D eigenvalue weighted by atomic mass is 35.5. The third kappa shape index (κ3) is 4.67. The van der Waals surface area contributed by atoms with Gasteiger partial charge in [0, 0.05) is 33.1 Å². The van der Waals surface area contributed by atoms with Crippen LogP contribution in [0.4, 0.5) is 5.82 Å². The second-order valence-electron chi connectivity index (χ2n) is 4.61. The molecular weight excluding hydrogens is 264 g/mol. The summed E-state index contributed by atoms with van der Waals surface area (Å²) < 4.78 is 0. The summed E-state index contributed by atoms with van der Waals surface area (Å²) in [7, 11) is 3.54. The predicted molar refractivity (Wildman–Crippen MR) is 77.5 cm³/mol. The lowest BCUT2D eigenvalue weighted by Crippen LogP contribution is -2.34. The summed E-state index contributed by atoms with van der Waals surface area (Å²) in [5.74, 6) is 1.39. The van der Waals surface area contributed by atoms with Gasteiger partial charge in [0.15, 0.2) is 0 Å². The maximum Gasteiger partial charge on any atom is 0.224 e. The van der Waals surface area contributed by atoms with Crippen LogP contribution in [0.15, 0.2) is 6.07 Å². The van der Waals surface area contributed by atoms with Crippen molar-refractivity contribution in [1.29, 1.82) is 0 Å². The van der Waals surface area contributed by atoms with E-state index >= 15 is 0 Å². The molecule has 6 heteroatoms. The largest absolute Gasteiger partial charge is 0.359 e. The van der Waals surface area contributed by atoms with Gasteiger partial charge in [-0.3, -0.25) is 4.79 Å². The zero-order valence-corrected chi connectivity index (χ0v) is 12.7. The smallest absolute Gasteiger partial charge is 0.224 e. The van der Waals surface area contributed by atoms with E-state index in [0.29, 0.717) is 11.7 Å². The lowest BCUT2D eigenvalue weighted by molar-refractivity contribution is -0.123. The van der Waals surface area contributed by atoms with Crippen LogP contribution in [0.5, 0.6) is 0 Å². The number of aryl methyl sites for hydroxylation is 1. The second-order valence-corrected chi connectivity index (χ2v) is 5.00. The maximum absolute atomic E-state index is 11.5. The van der Waals surface area contributed by atoms with E-state index in [0.717, 1.165) is 24.5 Å². The molecule has 0 aliphatic carbocycles. The van der Waals surface area contributed by atoms with Crippen LogP contribution in [0, 0.1) is 5.92 Å². The van der Waals surface area contributed by atoms with Crippen molar-refractivity contribution >= 4 is 23.3 Å². The van der Waals surface area contributed by atoms with Crippen LogP contribution in [0.1, 0.15) is 26.1 Å². The molecular formula is C13H21ClN4O. The molecule has 1 rings (SSSR count). The molecule has 5 nitrogen and oxygen atoms in total. The molecule has 0 saturated heterocycles. The van der Waals surface area contributed by atoms with Gasteiger partial charge in [0.1, 0.15) is 16.8 Å². The Morgan fingerprint density at radius 3 is 2.79 bits per heavy atom. The Kier molecular flexibility index (Phi) is 6.02. The molecule has 1 amide bonds. The van der Waals surface area contributed by atoms with E-state index in [9.17, 15) is 4.79 Å². The molecule has 1 unspecified atom stereocenters. The molecule has 0 radical (unpaired) electrons. The zero-order chi connectivity index (χ0) is 14.4. The van der Waals surface area contributed by atoms with Crippen LogP contribution in [0.3, 0.4) is 0 Å². The highest BCUT2D eigenvalue weighted by Gasteiger charge is 2.15. The predicted octanol–water partition coefficient (Wildman–Crippen LogP) is 1.90. The van der Waals surface area contributed by atoms with Crippen LogP contribution in [-0.2, 0) is 11.2 Å². The van der Waals surface area contributed by atoms with Crippen LogP contribution in [-0.4, -0.2) is 36.5 Å². The van der Waals surface area contributed by atoms with Crippen LogP contribution in [0.25, 0.3) is 0 Å². The minimum absolute atomic E-state index is 0.0146. The van der Waals surface area contributed by atoms with Gasteiger partial charge in [-0.15, -0.1) is 0 Å². The molecule has 0 saturated carbocycles. The molecule has 1 atom stereocenters. The molecule has 0 aromatic carbocycles. The summed E-state index contributed by atoms with van der Waals surface area (Å²) in [5, 5.41) is 3.08. The molecule has 0 aliphatic rings. The normalized spacial score (nSPS) is 12.1. The molecule has 0 spiro atoms. The van der Waals surface area contributed by atoms with E-state index in [1.807, 2.05) is 18.9 Å². The number of aromatic nitrogens is 2. The van der Waals surface area contributed by atoms with Crippen LogP contribution < -0.4 is 10.2 Å². The quantitative estimate of drug-likeness (QED) is 0.811. The highest BCUT2D eigenvalue weighted by molar-refractivity contribution is 6.29. The average molecular weight is 285 g/mol. The zero-order valence-electron chi connectivity index (χ0n) is 11.9. The van der Waals surface area contributed by atoms with Crippen LogP contribution >= 0.6 is 11.6 Å².